The molecule has 0 N–H and O–H groups in total. The van der Waals surface area contributed by atoms with Gasteiger partial charge in [-0.3, -0.25) is 4.90 Å². The van der Waals surface area contributed by atoms with E-state index in [0.29, 0.717) is 5.56 Å². The highest BCUT2D eigenvalue weighted by molar-refractivity contribution is 7.87. The van der Waals surface area contributed by atoms with Crippen LogP contribution in [0.5, 0.6) is 0 Å². The zero-order valence-corrected chi connectivity index (χ0v) is 16.4. The molecule has 3 rings (SSSR count). The highest BCUT2D eigenvalue weighted by atomic mass is 32.2. The lowest BCUT2D eigenvalue weighted by molar-refractivity contribution is -0.137. The molecule has 1 saturated heterocycles. The van der Waals surface area contributed by atoms with Crippen molar-refractivity contribution < 1.29 is 43.7 Å². The van der Waals surface area contributed by atoms with E-state index in [1.807, 2.05) is 4.90 Å². The Morgan fingerprint density at radius 1 is 1.03 bits per heavy atom. The summed E-state index contributed by atoms with van der Waals surface area (Å²) in [4.78, 5) is 1.82. The molecule has 0 unspecified atom stereocenters. The molecule has 1 fully saturated rings. The van der Waals surface area contributed by atoms with E-state index in [-0.39, 0.29) is 51.4 Å². The van der Waals surface area contributed by atoms with Crippen LogP contribution in [-0.2, 0) is 31.8 Å². The predicted molar refractivity (Wildman–Crippen MR) is 93.3 cm³/mol. The highest BCUT2D eigenvalue weighted by Crippen LogP contribution is 2.44. The van der Waals surface area contributed by atoms with E-state index in [0.717, 1.165) is 12.1 Å². The van der Waals surface area contributed by atoms with Crippen molar-refractivity contribution in [3.63, 3.8) is 0 Å². The first-order chi connectivity index (χ1) is 13.8. The largest absolute Gasteiger partial charge is 0.534 e. The SMILES string of the molecule is O=S(=O)(OC1=CCN(Cc2ccc(C(F)(F)F)cc2)CC12CCOCC2)C(F)(F)F. The Morgan fingerprint density at radius 2 is 1.63 bits per heavy atom. The first-order valence-electron chi connectivity index (χ1n) is 9.00. The third-order valence-electron chi connectivity index (χ3n) is 5.20. The van der Waals surface area contributed by atoms with Crippen LogP contribution in [0.25, 0.3) is 0 Å². The highest BCUT2D eigenvalue weighted by Gasteiger charge is 2.52. The van der Waals surface area contributed by atoms with Gasteiger partial charge in [-0.05, 0) is 36.6 Å². The number of ether oxygens (including phenoxy) is 1. The number of halogens is 6. The van der Waals surface area contributed by atoms with Crippen molar-refractivity contribution in [1.29, 1.82) is 0 Å². The number of alkyl halides is 6. The van der Waals surface area contributed by atoms with E-state index in [1.165, 1.54) is 18.2 Å². The summed E-state index contributed by atoms with van der Waals surface area (Å²) in [6.45, 7) is 0.973. The van der Waals surface area contributed by atoms with Gasteiger partial charge in [0.1, 0.15) is 5.76 Å². The monoisotopic (exact) mass is 459 g/mol. The quantitative estimate of drug-likeness (QED) is 0.386. The maximum atomic E-state index is 12.8. The second-order valence-corrected chi connectivity index (χ2v) is 8.85. The molecule has 1 spiro atoms. The molecule has 1 aromatic carbocycles. The fourth-order valence-corrected chi connectivity index (χ4v) is 4.21. The van der Waals surface area contributed by atoms with Crippen molar-refractivity contribution >= 4 is 10.1 Å². The van der Waals surface area contributed by atoms with E-state index in [2.05, 4.69) is 4.18 Å². The second kappa shape index (κ2) is 8.04. The normalized spacial score (nSPS) is 20.8. The van der Waals surface area contributed by atoms with Crippen LogP contribution < -0.4 is 0 Å². The molecule has 5 nitrogen and oxygen atoms in total. The van der Waals surface area contributed by atoms with Crippen molar-refractivity contribution in [1.82, 2.24) is 4.90 Å². The number of hydrogen-bond acceptors (Lipinski definition) is 5. The third-order valence-corrected chi connectivity index (χ3v) is 6.17. The van der Waals surface area contributed by atoms with E-state index < -0.39 is 32.8 Å². The van der Waals surface area contributed by atoms with Crippen LogP contribution in [0.3, 0.4) is 0 Å². The fraction of sp³-hybridized carbons (Fsp3) is 0.556. The molecular weight excluding hydrogens is 440 g/mol. The Morgan fingerprint density at radius 3 is 2.17 bits per heavy atom. The average Bonchev–Trinajstić information content (AvgIpc) is 2.63. The minimum Gasteiger partial charge on any atom is -0.381 e. The van der Waals surface area contributed by atoms with Crippen molar-refractivity contribution in [3.05, 3.63) is 47.2 Å². The van der Waals surface area contributed by atoms with Gasteiger partial charge < -0.3 is 8.92 Å². The maximum absolute atomic E-state index is 12.8. The summed E-state index contributed by atoms with van der Waals surface area (Å²) in [5, 5.41) is 0. The average molecular weight is 459 g/mol. The molecular formula is C18H19F6NO4S. The van der Waals surface area contributed by atoms with Crippen molar-refractivity contribution in [2.45, 2.75) is 31.1 Å². The molecule has 0 aliphatic carbocycles. The van der Waals surface area contributed by atoms with Gasteiger partial charge in [0.25, 0.3) is 0 Å². The van der Waals surface area contributed by atoms with Crippen LogP contribution in [0.1, 0.15) is 24.0 Å². The summed E-state index contributed by atoms with van der Waals surface area (Å²) in [5.41, 5.74) is -6.72. The van der Waals surface area contributed by atoms with Gasteiger partial charge in [0.2, 0.25) is 0 Å². The third kappa shape index (κ3) is 4.92. The molecule has 0 radical (unpaired) electrons. The molecule has 0 aromatic heterocycles. The molecule has 12 heteroatoms. The Labute approximate surface area is 169 Å². The van der Waals surface area contributed by atoms with Gasteiger partial charge in [-0.25, -0.2) is 0 Å². The van der Waals surface area contributed by atoms with E-state index in [1.54, 1.807) is 0 Å². The molecule has 0 amide bonds. The van der Waals surface area contributed by atoms with Crippen LogP contribution in [0, 0.1) is 5.41 Å². The van der Waals surface area contributed by atoms with E-state index >= 15 is 0 Å². The topological polar surface area (TPSA) is 55.8 Å². The number of nitrogens with zero attached hydrogens (tertiary/aromatic N) is 1. The number of hydrogen-bond donors (Lipinski definition) is 0. The smallest absolute Gasteiger partial charge is 0.381 e. The molecule has 2 heterocycles. The summed E-state index contributed by atoms with van der Waals surface area (Å²) in [5.74, 6) is -0.258. The maximum Gasteiger partial charge on any atom is 0.534 e. The zero-order valence-electron chi connectivity index (χ0n) is 15.6. The molecule has 2 aliphatic rings. The van der Waals surface area contributed by atoms with Crippen LogP contribution >= 0.6 is 0 Å². The Bertz CT molecular complexity index is 887. The van der Waals surface area contributed by atoms with Gasteiger partial charge in [0.15, 0.2) is 0 Å². The van der Waals surface area contributed by atoms with Gasteiger partial charge in [-0.1, -0.05) is 12.1 Å². The Kier molecular flexibility index (Phi) is 6.14. The minimum atomic E-state index is -5.80. The summed E-state index contributed by atoms with van der Waals surface area (Å²) in [6, 6.07) is 4.60. The van der Waals surface area contributed by atoms with Gasteiger partial charge in [-0.15, -0.1) is 0 Å². The van der Waals surface area contributed by atoms with Gasteiger partial charge in [0, 0.05) is 38.3 Å². The minimum absolute atomic E-state index is 0.0896. The molecule has 2 aliphatic heterocycles. The molecule has 0 bridgehead atoms. The van der Waals surface area contributed by atoms with Gasteiger partial charge in [-0.2, -0.15) is 34.8 Å². The molecule has 0 atom stereocenters. The lowest BCUT2D eigenvalue weighted by Gasteiger charge is -2.44. The Hall–Kier alpha value is -1.79. The van der Waals surface area contributed by atoms with Crippen LogP contribution in [-0.4, -0.2) is 45.1 Å². The first kappa shape index (κ1) is 22.9. The zero-order chi connectivity index (χ0) is 22.2. The predicted octanol–water partition coefficient (Wildman–Crippen LogP) is 4.07. The standard InChI is InChI=1S/C18H19F6NO4S/c19-17(20,21)14-3-1-13(2-4-14)11-25-8-5-15(29-30(26,27)18(22,23)24)16(12-25)6-9-28-10-7-16/h1-5H,6-12H2. The second-order valence-electron chi connectivity index (χ2n) is 7.31. The van der Waals surface area contributed by atoms with Crippen LogP contribution in [0.15, 0.2) is 36.1 Å². The summed E-state index contributed by atoms with van der Waals surface area (Å²) in [7, 11) is -5.80. The number of rotatable bonds is 4. The summed E-state index contributed by atoms with van der Waals surface area (Å²) in [6.07, 6.45) is -2.64. The lowest BCUT2D eigenvalue weighted by atomic mass is 9.76. The van der Waals surface area contributed by atoms with Crippen molar-refractivity contribution in [3.8, 4) is 0 Å². The lowest BCUT2D eigenvalue weighted by Crippen LogP contribution is -2.47. The molecule has 1 aromatic rings. The van der Waals surface area contributed by atoms with E-state index in [9.17, 15) is 34.8 Å². The number of benzene rings is 1. The van der Waals surface area contributed by atoms with Crippen LogP contribution in [0.2, 0.25) is 0 Å². The van der Waals surface area contributed by atoms with Crippen molar-refractivity contribution in [2.75, 3.05) is 26.3 Å². The Balaban J connectivity index is 1.80. The van der Waals surface area contributed by atoms with Crippen LogP contribution in [0.4, 0.5) is 26.3 Å². The summed E-state index contributed by atoms with van der Waals surface area (Å²) < 4.78 is 109. The molecule has 168 valence electrons. The van der Waals surface area contributed by atoms with E-state index in [4.69, 9.17) is 4.74 Å². The fourth-order valence-electron chi connectivity index (χ4n) is 3.63. The first-order valence-corrected chi connectivity index (χ1v) is 10.4. The van der Waals surface area contributed by atoms with Gasteiger partial charge >= 0.3 is 21.8 Å². The van der Waals surface area contributed by atoms with Crippen molar-refractivity contribution in [2.24, 2.45) is 5.41 Å². The van der Waals surface area contributed by atoms with Gasteiger partial charge in [0.05, 0.1) is 5.56 Å². The molecule has 30 heavy (non-hydrogen) atoms. The summed E-state index contributed by atoms with van der Waals surface area (Å²) >= 11 is 0. The molecule has 0 saturated carbocycles.